The SMILES string of the molecule is O=C1C(=O)N(Br)c2ccc(Br)cc21. The van der Waals surface area contributed by atoms with Crippen LogP contribution in [0.2, 0.25) is 0 Å². The van der Waals surface area contributed by atoms with Gasteiger partial charge in [0, 0.05) is 4.47 Å². The Balaban J connectivity index is 2.67. The van der Waals surface area contributed by atoms with Gasteiger partial charge in [0.15, 0.2) is 0 Å². The Bertz CT molecular complexity index is 417. The summed E-state index contributed by atoms with van der Waals surface area (Å²) in [6.45, 7) is 0. The van der Waals surface area contributed by atoms with Crippen molar-refractivity contribution in [3.63, 3.8) is 0 Å². The molecule has 1 aromatic carbocycles. The van der Waals surface area contributed by atoms with Gasteiger partial charge in [-0.1, -0.05) is 15.9 Å². The molecule has 0 aromatic heterocycles. The molecule has 3 nitrogen and oxygen atoms in total. The molecule has 1 heterocycles. The van der Waals surface area contributed by atoms with E-state index < -0.39 is 11.7 Å². The lowest BCUT2D eigenvalue weighted by Gasteiger charge is -2.04. The minimum absolute atomic E-state index is 0.427. The summed E-state index contributed by atoms with van der Waals surface area (Å²) < 4.78 is 1.96. The number of halogens is 2. The summed E-state index contributed by atoms with van der Waals surface area (Å²) >= 11 is 6.25. The summed E-state index contributed by atoms with van der Waals surface area (Å²) in [5.41, 5.74) is 1.02. The molecule has 0 N–H and O–H groups in total. The molecule has 66 valence electrons. The van der Waals surface area contributed by atoms with Crippen LogP contribution in [0.5, 0.6) is 0 Å². The van der Waals surface area contributed by atoms with E-state index in [-0.39, 0.29) is 0 Å². The number of rotatable bonds is 0. The molecule has 2 rings (SSSR count). The second-order valence-corrected chi connectivity index (χ2v) is 4.20. The predicted molar refractivity (Wildman–Crippen MR) is 54.9 cm³/mol. The highest BCUT2D eigenvalue weighted by atomic mass is 79.9. The van der Waals surface area contributed by atoms with Crippen LogP contribution in [0.4, 0.5) is 5.69 Å². The number of amides is 1. The monoisotopic (exact) mass is 303 g/mol. The number of benzene rings is 1. The lowest BCUT2D eigenvalue weighted by atomic mass is 10.1. The fourth-order valence-electron chi connectivity index (χ4n) is 1.18. The molecule has 0 bridgehead atoms. The molecular weight excluding hydrogens is 302 g/mol. The van der Waals surface area contributed by atoms with E-state index in [9.17, 15) is 9.59 Å². The van der Waals surface area contributed by atoms with Crippen LogP contribution in [-0.2, 0) is 4.79 Å². The Morgan fingerprint density at radius 3 is 2.62 bits per heavy atom. The third kappa shape index (κ3) is 1.23. The molecule has 0 fully saturated rings. The number of nitrogens with zero attached hydrogens (tertiary/aromatic N) is 1. The molecule has 0 spiro atoms. The van der Waals surface area contributed by atoms with Gasteiger partial charge in [0.2, 0.25) is 0 Å². The quantitative estimate of drug-likeness (QED) is 0.545. The molecule has 1 amide bonds. The summed E-state index contributed by atoms with van der Waals surface area (Å²) in [4.78, 5) is 22.5. The van der Waals surface area contributed by atoms with E-state index in [1.54, 1.807) is 18.2 Å². The molecule has 1 aromatic rings. The molecule has 0 saturated heterocycles. The first kappa shape index (κ1) is 8.90. The molecule has 0 saturated carbocycles. The van der Waals surface area contributed by atoms with E-state index in [1.165, 1.54) is 3.93 Å². The first-order chi connectivity index (χ1) is 6.11. The van der Waals surface area contributed by atoms with Crippen LogP contribution in [-0.4, -0.2) is 11.7 Å². The number of hydrogen-bond donors (Lipinski definition) is 0. The lowest BCUT2D eigenvalue weighted by molar-refractivity contribution is -0.113. The first-order valence-electron chi connectivity index (χ1n) is 3.45. The van der Waals surface area contributed by atoms with Crippen molar-refractivity contribution in [2.24, 2.45) is 0 Å². The second kappa shape index (κ2) is 2.92. The van der Waals surface area contributed by atoms with Crippen molar-refractivity contribution < 1.29 is 9.59 Å². The van der Waals surface area contributed by atoms with Crippen LogP contribution in [0, 0.1) is 0 Å². The zero-order chi connectivity index (χ0) is 9.59. The summed E-state index contributed by atoms with van der Waals surface area (Å²) in [5.74, 6) is -1.03. The van der Waals surface area contributed by atoms with E-state index in [2.05, 4.69) is 32.1 Å². The summed E-state index contributed by atoms with van der Waals surface area (Å²) in [6.07, 6.45) is 0. The number of anilines is 1. The zero-order valence-corrected chi connectivity index (χ0v) is 9.42. The smallest absolute Gasteiger partial charge is 0.283 e. The third-order valence-electron chi connectivity index (χ3n) is 1.79. The Morgan fingerprint density at radius 1 is 1.23 bits per heavy atom. The van der Waals surface area contributed by atoms with Crippen LogP contribution in [0.25, 0.3) is 0 Å². The number of carbonyl (C=O) groups excluding carboxylic acids is 2. The number of fused-ring (bicyclic) bond motifs is 1. The highest BCUT2D eigenvalue weighted by Gasteiger charge is 2.34. The molecule has 13 heavy (non-hydrogen) atoms. The molecule has 0 radical (unpaired) electrons. The van der Waals surface area contributed by atoms with Crippen molar-refractivity contribution in [2.45, 2.75) is 0 Å². The van der Waals surface area contributed by atoms with E-state index in [0.29, 0.717) is 11.3 Å². The number of Topliss-reactive ketones (excluding diaryl/α,β-unsaturated/α-hetero) is 1. The van der Waals surface area contributed by atoms with Gasteiger partial charge in [-0.15, -0.1) is 0 Å². The maximum atomic E-state index is 11.3. The van der Waals surface area contributed by atoms with Gasteiger partial charge in [0.25, 0.3) is 5.78 Å². The molecule has 1 aliphatic heterocycles. The number of ketones is 1. The van der Waals surface area contributed by atoms with Crippen molar-refractivity contribution in [3.05, 3.63) is 28.2 Å². The van der Waals surface area contributed by atoms with Gasteiger partial charge in [0.1, 0.15) is 0 Å². The fourth-order valence-corrected chi connectivity index (χ4v) is 2.01. The van der Waals surface area contributed by atoms with Crippen LogP contribution in [0.3, 0.4) is 0 Å². The van der Waals surface area contributed by atoms with E-state index >= 15 is 0 Å². The molecular formula is C8H3Br2NO2. The van der Waals surface area contributed by atoms with Crippen LogP contribution >= 0.6 is 32.1 Å². The molecule has 0 atom stereocenters. The van der Waals surface area contributed by atoms with Gasteiger partial charge in [0.05, 0.1) is 27.4 Å². The first-order valence-corrected chi connectivity index (χ1v) is 4.95. The standard InChI is InChI=1S/C8H3Br2NO2/c9-4-1-2-6-5(3-4)7(12)8(13)11(6)10/h1-3H. The minimum atomic E-state index is -0.548. The Morgan fingerprint density at radius 2 is 1.92 bits per heavy atom. The Hall–Kier alpha value is -0.680. The van der Waals surface area contributed by atoms with Crippen molar-refractivity contribution >= 4 is 49.5 Å². The number of hydrogen-bond acceptors (Lipinski definition) is 2. The molecule has 5 heteroatoms. The van der Waals surface area contributed by atoms with E-state index in [0.717, 1.165) is 4.47 Å². The Kier molecular flexibility index (Phi) is 2.00. The lowest BCUT2D eigenvalue weighted by Crippen LogP contribution is -2.19. The average Bonchev–Trinajstić information content (AvgIpc) is 2.32. The van der Waals surface area contributed by atoms with Crippen molar-refractivity contribution in [3.8, 4) is 0 Å². The normalized spacial score (nSPS) is 15.1. The Labute approximate surface area is 91.2 Å². The van der Waals surface area contributed by atoms with Gasteiger partial charge in [-0.3, -0.25) is 9.59 Å². The molecule has 0 unspecified atom stereocenters. The number of carbonyl (C=O) groups is 2. The van der Waals surface area contributed by atoms with Crippen molar-refractivity contribution in [2.75, 3.05) is 3.93 Å². The van der Waals surface area contributed by atoms with Gasteiger partial charge in [-0.25, -0.2) is 3.93 Å². The second-order valence-electron chi connectivity index (χ2n) is 2.58. The summed E-state index contributed by atoms with van der Waals surface area (Å²) in [6, 6.07) is 5.12. The largest absolute Gasteiger partial charge is 0.309 e. The minimum Gasteiger partial charge on any atom is -0.283 e. The zero-order valence-electron chi connectivity index (χ0n) is 6.25. The third-order valence-corrected chi connectivity index (χ3v) is 2.98. The highest BCUT2D eigenvalue weighted by Crippen LogP contribution is 2.33. The highest BCUT2D eigenvalue weighted by molar-refractivity contribution is 9.10. The fraction of sp³-hybridized carbons (Fsp3) is 0. The van der Waals surface area contributed by atoms with E-state index in [4.69, 9.17) is 0 Å². The maximum Gasteiger partial charge on any atom is 0.309 e. The predicted octanol–water partition coefficient (Wildman–Crippen LogP) is 2.29. The van der Waals surface area contributed by atoms with Crippen molar-refractivity contribution in [1.29, 1.82) is 0 Å². The summed E-state index contributed by atoms with van der Waals surface area (Å²) in [7, 11) is 0. The van der Waals surface area contributed by atoms with Gasteiger partial charge in [-0.2, -0.15) is 0 Å². The van der Waals surface area contributed by atoms with Crippen LogP contribution in [0.1, 0.15) is 10.4 Å². The van der Waals surface area contributed by atoms with Crippen LogP contribution in [0.15, 0.2) is 22.7 Å². The van der Waals surface area contributed by atoms with Crippen LogP contribution < -0.4 is 3.93 Å². The van der Waals surface area contributed by atoms with Gasteiger partial charge >= 0.3 is 5.91 Å². The maximum absolute atomic E-state index is 11.3. The summed E-state index contributed by atoms with van der Waals surface area (Å²) in [5, 5.41) is 0. The molecule has 1 aliphatic rings. The molecule has 0 aliphatic carbocycles. The topological polar surface area (TPSA) is 37.4 Å². The van der Waals surface area contributed by atoms with Crippen molar-refractivity contribution in [1.82, 2.24) is 0 Å². The van der Waals surface area contributed by atoms with Gasteiger partial charge < -0.3 is 0 Å². The van der Waals surface area contributed by atoms with E-state index in [1.807, 2.05) is 0 Å². The average molecular weight is 305 g/mol. The van der Waals surface area contributed by atoms with Gasteiger partial charge in [-0.05, 0) is 18.2 Å².